The van der Waals surface area contributed by atoms with Crippen molar-refractivity contribution in [1.29, 1.82) is 0 Å². The van der Waals surface area contributed by atoms with Crippen LogP contribution < -0.4 is 5.32 Å². The zero-order chi connectivity index (χ0) is 21.1. The van der Waals surface area contributed by atoms with Gasteiger partial charge in [0, 0.05) is 18.5 Å². The van der Waals surface area contributed by atoms with Crippen molar-refractivity contribution in [3.8, 4) is 11.1 Å². The van der Waals surface area contributed by atoms with Crippen LogP contribution in [0.4, 0.5) is 4.79 Å². The number of carbonyl (C=O) groups excluding carboxylic acids is 1. The minimum atomic E-state index is -1.13. The van der Waals surface area contributed by atoms with E-state index in [0.717, 1.165) is 22.3 Å². The molecule has 4 rings (SSSR count). The van der Waals surface area contributed by atoms with E-state index in [4.69, 9.17) is 4.74 Å². The number of hydrogen-bond acceptors (Lipinski definition) is 4. The highest BCUT2D eigenvalue weighted by atomic mass is 79.9. The highest BCUT2D eigenvalue weighted by Gasteiger charge is 2.29. The Bertz CT molecular complexity index is 1040. The first-order valence-corrected chi connectivity index (χ1v) is 10.3. The number of carboxylic acids is 1. The number of rotatable bonds is 6. The quantitative estimate of drug-likeness (QED) is 0.526. The van der Waals surface area contributed by atoms with Crippen molar-refractivity contribution < 1.29 is 19.4 Å². The lowest BCUT2D eigenvalue weighted by Crippen LogP contribution is -2.42. The lowest BCUT2D eigenvalue weighted by atomic mass is 9.98. The van der Waals surface area contributed by atoms with Crippen LogP contribution in [0, 0.1) is 0 Å². The normalized spacial score (nSPS) is 13.2. The van der Waals surface area contributed by atoms with Crippen LogP contribution in [-0.4, -0.2) is 34.8 Å². The number of carboxylic acid groups (broad SMARTS) is 1. The fraction of sp³-hybridized carbons (Fsp3) is 0.174. The number of aromatic nitrogens is 1. The van der Waals surface area contributed by atoms with E-state index in [9.17, 15) is 14.7 Å². The average molecular weight is 467 g/mol. The van der Waals surface area contributed by atoms with Crippen LogP contribution in [0.25, 0.3) is 11.1 Å². The highest BCUT2D eigenvalue weighted by Crippen LogP contribution is 2.44. The van der Waals surface area contributed by atoms with E-state index in [1.165, 1.54) is 0 Å². The van der Waals surface area contributed by atoms with Crippen LogP contribution in [0.15, 0.2) is 71.5 Å². The molecule has 2 N–H and O–H groups in total. The van der Waals surface area contributed by atoms with Crippen molar-refractivity contribution in [2.45, 2.75) is 18.4 Å². The molecule has 0 aliphatic heterocycles. The average Bonchev–Trinajstić information content (AvgIpc) is 3.07. The fourth-order valence-corrected chi connectivity index (χ4v) is 3.98. The van der Waals surface area contributed by atoms with E-state index in [2.05, 4.69) is 38.4 Å². The summed E-state index contributed by atoms with van der Waals surface area (Å²) in [5.41, 5.74) is 5.16. The van der Waals surface area contributed by atoms with Gasteiger partial charge in [-0.15, -0.1) is 0 Å². The van der Waals surface area contributed by atoms with Gasteiger partial charge in [0.25, 0.3) is 0 Å². The minimum Gasteiger partial charge on any atom is -0.480 e. The molecule has 6 nitrogen and oxygen atoms in total. The molecule has 152 valence electrons. The number of benzene rings is 2. The van der Waals surface area contributed by atoms with Gasteiger partial charge in [-0.1, -0.05) is 54.6 Å². The van der Waals surface area contributed by atoms with Crippen LogP contribution in [0.1, 0.15) is 22.6 Å². The summed E-state index contributed by atoms with van der Waals surface area (Å²) in [4.78, 5) is 28.0. The van der Waals surface area contributed by atoms with Gasteiger partial charge in [0.2, 0.25) is 0 Å². The summed E-state index contributed by atoms with van der Waals surface area (Å²) in [6.45, 7) is 0.131. The topological polar surface area (TPSA) is 88.5 Å². The molecule has 1 atom stereocenters. The van der Waals surface area contributed by atoms with Gasteiger partial charge >= 0.3 is 12.1 Å². The van der Waals surface area contributed by atoms with Crippen molar-refractivity contribution in [2.24, 2.45) is 0 Å². The molecule has 1 aliphatic rings. The van der Waals surface area contributed by atoms with Crippen LogP contribution >= 0.6 is 15.9 Å². The van der Waals surface area contributed by atoms with E-state index in [-0.39, 0.29) is 18.9 Å². The van der Waals surface area contributed by atoms with Crippen molar-refractivity contribution in [2.75, 3.05) is 6.61 Å². The number of alkyl carbamates (subject to hydrolysis) is 1. The van der Waals surface area contributed by atoms with Crippen molar-refractivity contribution in [3.05, 3.63) is 88.2 Å². The first-order valence-electron chi connectivity index (χ1n) is 9.47. The second-order valence-electron chi connectivity index (χ2n) is 7.05. The molecule has 1 unspecified atom stereocenters. The van der Waals surface area contributed by atoms with E-state index in [1.807, 2.05) is 36.4 Å². The lowest BCUT2D eigenvalue weighted by molar-refractivity contribution is -0.139. The summed E-state index contributed by atoms with van der Waals surface area (Å²) >= 11 is 3.24. The lowest BCUT2D eigenvalue weighted by Gasteiger charge is -2.17. The number of nitrogens with one attached hydrogen (secondary N) is 1. The van der Waals surface area contributed by atoms with Crippen LogP contribution in [-0.2, 0) is 16.0 Å². The number of ether oxygens (including phenoxy) is 1. The van der Waals surface area contributed by atoms with E-state index in [1.54, 1.807) is 18.3 Å². The Morgan fingerprint density at radius 2 is 1.67 bits per heavy atom. The zero-order valence-electron chi connectivity index (χ0n) is 15.9. The molecule has 7 heteroatoms. The Kier molecular flexibility index (Phi) is 5.81. The van der Waals surface area contributed by atoms with Gasteiger partial charge in [-0.25, -0.2) is 14.6 Å². The molecule has 1 heterocycles. The van der Waals surface area contributed by atoms with Crippen molar-refractivity contribution in [3.63, 3.8) is 0 Å². The molecule has 1 aromatic heterocycles. The maximum atomic E-state index is 12.4. The van der Waals surface area contributed by atoms with E-state index < -0.39 is 18.1 Å². The molecule has 0 fully saturated rings. The SMILES string of the molecule is O=C(NC(Cc1ccc(Br)nc1)C(=O)O)OCC1c2ccccc2-c2ccccc21. The third-order valence-corrected chi connectivity index (χ3v) is 5.63. The maximum Gasteiger partial charge on any atom is 0.407 e. The molecule has 0 saturated carbocycles. The molecule has 2 aromatic carbocycles. The minimum absolute atomic E-state index is 0.0814. The Morgan fingerprint density at radius 1 is 1.03 bits per heavy atom. The number of aliphatic carboxylic acids is 1. The molecular weight excluding hydrogens is 448 g/mol. The number of carbonyl (C=O) groups is 2. The molecule has 30 heavy (non-hydrogen) atoms. The largest absolute Gasteiger partial charge is 0.480 e. The second kappa shape index (κ2) is 8.67. The van der Waals surface area contributed by atoms with Crippen LogP contribution in [0.3, 0.4) is 0 Å². The molecule has 1 amide bonds. The Morgan fingerprint density at radius 3 is 2.23 bits per heavy atom. The van der Waals surface area contributed by atoms with E-state index >= 15 is 0 Å². The fourth-order valence-electron chi connectivity index (χ4n) is 3.75. The number of hydrogen-bond donors (Lipinski definition) is 2. The number of pyridine rings is 1. The van der Waals surface area contributed by atoms with Gasteiger partial charge in [0.05, 0.1) is 0 Å². The monoisotopic (exact) mass is 466 g/mol. The highest BCUT2D eigenvalue weighted by molar-refractivity contribution is 9.10. The van der Waals surface area contributed by atoms with Crippen molar-refractivity contribution >= 4 is 28.0 Å². The first kappa shape index (κ1) is 20.1. The molecule has 0 spiro atoms. The third-order valence-electron chi connectivity index (χ3n) is 5.16. The summed E-state index contributed by atoms with van der Waals surface area (Å²) < 4.78 is 6.10. The number of amides is 1. The smallest absolute Gasteiger partial charge is 0.407 e. The van der Waals surface area contributed by atoms with Gasteiger partial charge in [0.15, 0.2) is 0 Å². The standard InChI is InChI=1S/C23H19BrN2O4/c24-21-10-9-14(12-25-21)11-20(22(27)28)26-23(29)30-13-19-17-7-3-1-5-15(17)16-6-2-4-8-18(16)19/h1-10,12,19-20H,11,13H2,(H,26,29)(H,27,28). The Hall–Kier alpha value is -3.19. The second-order valence-corrected chi connectivity index (χ2v) is 7.87. The summed E-state index contributed by atoms with van der Waals surface area (Å²) in [6.07, 6.45) is 0.925. The Balaban J connectivity index is 1.43. The van der Waals surface area contributed by atoms with Crippen LogP contribution in [0.5, 0.6) is 0 Å². The summed E-state index contributed by atoms with van der Waals surface area (Å²) in [5, 5.41) is 11.9. The predicted molar refractivity (Wildman–Crippen MR) is 115 cm³/mol. The molecule has 1 aliphatic carbocycles. The van der Waals surface area contributed by atoms with E-state index in [0.29, 0.717) is 10.2 Å². The van der Waals surface area contributed by atoms with Gasteiger partial charge < -0.3 is 15.2 Å². The molecule has 0 bridgehead atoms. The van der Waals surface area contributed by atoms with Gasteiger partial charge in [-0.3, -0.25) is 0 Å². The van der Waals surface area contributed by atoms with Gasteiger partial charge in [0.1, 0.15) is 17.3 Å². The van der Waals surface area contributed by atoms with Crippen molar-refractivity contribution in [1.82, 2.24) is 10.3 Å². The van der Waals surface area contributed by atoms with Gasteiger partial charge in [-0.2, -0.15) is 0 Å². The van der Waals surface area contributed by atoms with Gasteiger partial charge in [-0.05, 0) is 49.8 Å². The Labute approximate surface area is 182 Å². The summed E-state index contributed by atoms with van der Waals surface area (Å²) in [5.74, 6) is -1.21. The summed E-state index contributed by atoms with van der Waals surface area (Å²) in [6, 6.07) is 18.4. The molecule has 0 saturated heterocycles. The zero-order valence-corrected chi connectivity index (χ0v) is 17.5. The molecule has 3 aromatic rings. The summed E-state index contributed by atoms with van der Waals surface area (Å²) in [7, 11) is 0. The first-order chi connectivity index (χ1) is 14.5. The number of nitrogens with zero attached hydrogens (tertiary/aromatic N) is 1. The predicted octanol–water partition coefficient (Wildman–Crippen LogP) is 4.38. The number of fused-ring (bicyclic) bond motifs is 3. The maximum absolute atomic E-state index is 12.4. The molecular formula is C23H19BrN2O4. The third kappa shape index (κ3) is 4.21. The number of halogens is 1. The van der Waals surface area contributed by atoms with Crippen LogP contribution in [0.2, 0.25) is 0 Å². The molecule has 0 radical (unpaired) electrons.